The molecule has 0 atom stereocenters. The third-order valence-corrected chi connectivity index (χ3v) is 1.16. The molecule has 58 valence electrons. The Morgan fingerprint density at radius 2 is 1.80 bits per heavy atom. The van der Waals surface area contributed by atoms with E-state index < -0.39 is 5.41 Å². The van der Waals surface area contributed by atoms with E-state index in [1.807, 2.05) is 0 Å². The maximum Gasteiger partial charge on any atom is 0.185 e. The third-order valence-electron chi connectivity index (χ3n) is 1.16. The summed E-state index contributed by atoms with van der Waals surface area (Å²) in [5.74, 6) is -0.130. The maximum absolute atomic E-state index is 11.1. The number of Topliss-reactive ketones (excluding diaryl/α,β-unsaturated/α-hetero) is 1. The first kappa shape index (κ1) is 9.14. The van der Waals surface area contributed by atoms with Crippen molar-refractivity contribution in [2.75, 3.05) is 0 Å². The van der Waals surface area contributed by atoms with Crippen molar-refractivity contribution in [1.29, 1.82) is 0 Å². The van der Waals surface area contributed by atoms with Crippen LogP contribution in [-0.2, 0) is 4.79 Å². The molecular formula is C7H13NO2. The van der Waals surface area contributed by atoms with Gasteiger partial charge in [-0.15, -0.1) is 0 Å². The zero-order chi connectivity index (χ0) is 8.36. The molecule has 0 aliphatic heterocycles. The highest BCUT2D eigenvalue weighted by atomic mass is 16.4. The van der Waals surface area contributed by atoms with Crippen LogP contribution in [0.15, 0.2) is 5.16 Å². The molecular weight excluding hydrogens is 130 g/mol. The molecule has 0 aliphatic rings. The highest BCUT2D eigenvalue weighted by molar-refractivity contribution is 6.40. The summed E-state index contributed by atoms with van der Waals surface area (Å²) in [6.45, 7) is 6.84. The Kier molecular flexibility index (Phi) is 2.57. The minimum atomic E-state index is -0.448. The standard InChI is InChI=1S/C7H13NO2/c1-5(8-10)6(9)7(2,3)4/h10H,1-4H3. The predicted octanol–water partition coefficient (Wildman–Crippen LogP) is 1.45. The molecule has 0 saturated carbocycles. The summed E-state index contributed by atoms with van der Waals surface area (Å²) >= 11 is 0. The van der Waals surface area contributed by atoms with Gasteiger partial charge in [-0.05, 0) is 6.92 Å². The quantitative estimate of drug-likeness (QED) is 0.343. The smallest absolute Gasteiger partial charge is 0.185 e. The summed E-state index contributed by atoms with van der Waals surface area (Å²) < 4.78 is 0. The normalized spacial score (nSPS) is 13.4. The van der Waals surface area contributed by atoms with E-state index in [0.717, 1.165) is 0 Å². The first-order valence-electron chi connectivity index (χ1n) is 3.13. The molecule has 0 aromatic carbocycles. The molecule has 0 fully saturated rings. The first-order valence-corrected chi connectivity index (χ1v) is 3.13. The minimum Gasteiger partial charge on any atom is -0.411 e. The Morgan fingerprint density at radius 1 is 1.40 bits per heavy atom. The average Bonchev–Trinajstić information content (AvgIpc) is 1.83. The molecule has 3 nitrogen and oxygen atoms in total. The van der Waals surface area contributed by atoms with Crippen LogP contribution in [0.25, 0.3) is 0 Å². The van der Waals surface area contributed by atoms with E-state index in [2.05, 4.69) is 5.16 Å². The monoisotopic (exact) mass is 143 g/mol. The van der Waals surface area contributed by atoms with Crippen LogP contribution in [0.4, 0.5) is 0 Å². The van der Waals surface area contributed by atoms with E-state index in [1.54, 1.807) is 20.8 Å². The second-order valence-corrected chi connectivity index (χ2v) is 3.26. The Hall–Kier alpha value is -0.860. The summed E-state index contributed by atoms with van der Waals surface area (Å²) in [5.41, 5.74) is -0.288. The lowest BCUT2D eigenvalue weighted by molar-refractivity contribution is -0.119. The van der Waals surface area contributed by atoms with Crippen molar-refractivity contribution >= 4 is 11.5 Å². The molecule has 0 heterocycles. The van der Waals surface area contributed by atoms with Gasteiger partial charge in [0, 0.05) is 5.41 Å². The van der Waals surface area contributed by atoms with Crippen molar-refractivity contribution in [3.63, 3.8) is 0 Å². The highest BCUT2D eigenvalue weighted by Crippen LogP contribution is 2.14. The number of hydrogen-bond acceptors (Lipinski definition) is 3. The number of ketones is 1. The molecule has 0 amide bonds. The SMILES string of the molecule is CC(=NO)C(=O)C(C)(C)C. The van der Waals surface area contributed by atoms with Crippen LogP contribution in [0, 0.1) is 5.41 Å². The molecule has 1 N–H and O–H groups in total. The first-order chi connectivity index (χ1) is 4.39. The third kappa shape index (κ3) is 2.17. The van der Waals surface area contributed by atoms with Crippen LogP contribution >= 0.6 is 0 Å². The van der Waals surface area contributed by atoms with Crippen molar-refractivity contribution in [3.8, 4) is 0 Å². The lowest BCUT2D eigenvalue weighted by Crippen LogP contribution is -2.26. The van der Waals surface area contributed by atoms with Crippen molar-refractivity contribution in [1.82, 2.24) is 0 Å². The van der Waals surface area contributed by atoms with Crippen LogP contribution in [0.1, 0.15) is 27.7 Å². The van der Waals surface area contributed by atoms with Gasteiger partial charge in [-0.1, -0.05) is 25.9 Å². The number of rotatable bonds is 1. The van der Waals surface area contributed by atoms with Gasteiger partial charge in [0.25, 0.3) is 0 Å². The summed E-state index contributed by atoms with van der Waals surface area (Å²) in [7, 11) is 0. The van der Waals surface area contributed by atoms with Crippen molar-refractivity contribution in [2.45, 2.75) is 27.7 Å². The van der Waals surface area contributed by atoms with Crippen LogP contribution in [0.2, 0.25) is 0 Å². The Labute approximate surface area is 60.7 Å². The van der Waals surface area contributed by atoms with Gasteiger partial charge in [0.1, 0.15) is 5.71 Å². The van der Waals surface area contributed by atoms with Crippen LogP contribution in [0.3, 0.4) is 0 Å². The second kappa shape index (κ2) is 2.82. The van der Waals surface area contributed by atoms with Crippen LogP contribution < -0.4 is 0 Å². The van der Waals surface area contributed by atoms with Gasteiger partial charge >= 0.3 is 0 Å². The lowest BCUT2D eigenvalue weighted by atomic mass is 9.88. The molecule has 0 bridgehead atoms. The minimum absolute atomic E-state index is 0.130. The van der Waals surface area contributed by atoms with Gasteiger partial charge in [0.2, 0.25) is 0 Å². The summed E-state index contributed by atoms with van der Waals surface area (Å²) in [5, 5.41) is 11.1. The Morgan fingerprint density at radius 3 is 1.90 bits per heavy atom. The van der Waals surface area contributed by atoms with E-state index in [0.29, 0.717) is 0 Å². The average molecular weight is 143 g/mol. The van der Waals surface area contributed by atoms with Crippen molar-refractivity contribution in [3.05, 3.63) is 0 Å². The van der Waals surface area contributed by atoms with Gasteiger partial charge in [-0.3, -0.25) is 4.79 Å². The Balaban J connectivity index is 4.39. The van der Waals surface area contributed by atoms with Gasteiger partial charge in [-0.25, -0.2) is 0 Å². The largest absolute Gasteiger partial charge is 0.411 e. The lowest BCUT2D eigenvalue weighted by Gasteiger charge is -2.14. The van der Waals surface area contributed by atoms with Crippen LogP contribution in [-0.4, -0.2) is 16.7 Å². The predicted molar refractivity (Wildman–Crippen MR) is 39.4 cm³/mol. The fourth-order valence-electron chi connectivity index (χ4n) is 0.588. The molecule has 10 heavy (non-hydrogen) atoms. The highest BCUT2D eigenvalue weighted by Gasteiger charge is 2.23. The zero-order valence-electron chi connectivity index (χ0n) is 6.80. The molecule has 0 aromatic rings. The molecule has 0 spiro atoms. The molecule has 0 saturated heterocycles. The van der Waals surface area contributed by atoms with Crippen LogP contribution in [0.5, 0.6) is 0 Å². The van der Waals surface area contributed by atoms with Gasteiger partial charge in [0.15, 0.2) is 5.78 Å². The summed E-state index contributed by atoms with van der Waals surface area (Å²) in [6, 6.07) is 0. The van der Waals surface area contributed by atoms with Gasteiger partial charge < -0.3 is 5.21 Å². The molecule has 3 heteroatoms. The molecule has 0 aliphatic carbocycles. The topological polar surface area (TPSA) is 49.7 Å². The van der Waals surface area contributed by atoms with Gasteiger partial charge in [0.05, 0.1) is 0 Å². The van der Waals surface area contributed by atoms with E-state index in [-0.39, 0.29) is 11.5 Å². The molecule has 0 radical (unpaired) electrons. The number of carbonyl (C=O) groups is 1. The fourth-order valence-corrected chi connectivity index (χ4v) is 0.588. The van der Waals surface area contributed by atoms with Crippen molar-refractivity contribution in [2.24, 2.45) is 10.6 Å². The number of nitrogens with zero attached hydrogens (tertiary/aromatic N) is 1. The number of oxime groups is 1. The molecule has 0 unspecified atom stereocenters. The summed E-state index contributed by atoms with van der Waals surface area (Å²) in [6.07, 6.45) is 0. The summed E-state index contributed by atoms with van der Waals surface area (Å²) in [4.78, 5) is 11.1. The van der Waals surface area contributed by atoms with E-state index >= 15 is 0 Å². The number of hydrogen-bond donors (Lipinski definition) is 1. The van der Waals surface area contributed by atoms with Gasteiger partial charge in [-0.2, -0.15) is 0 Å². The molecule has 0 aromatic heterocycles. The second-order valence-electron chi connectivity index (χ2n) is 3.26. The maximum atomic E-state index is 11.1. The molecule has 0 rings (SSSR count). The fraction of sp³-hybridized carbons (Fsp3) is 0.714. The van der Waals surface area contributed by atoms with E-state index in [9.17, 15) is 4.79 Å². The van der Waals surface area contributed by atoms with E-state index in [4.69, 9.17) is 5.21 Å². The van der Waals surface area contributed by atoms with Crippen molar-refractivity contribution < 1.29 is 10.0 Å². The Bertz CT molecular complexity index is 165. The number of carbonyl (C=O) groups excluding carboxylic acids is 1. The van der Waals surface area contributed by atoms with E-state index in [1.165, 1.54) is 6.92 Å². The zero-order valence-corrected chi connectivity index (χ0v) is 6.80.